The predicted molar refractivity (Wildman–Crippen MR) is 102 cm³/mol. The summed E-state index contributed by atoms with van der Waals surface area (Å²) in [6.45, 7) is 1.90. The Balaban J connectivity index is 1.72. The Kier molecular flexibility index (Phi) is 5.00. The zero-order valence-corrected chi connectivity index (χ0v) is 16.4. The van der Waals surface area contributed by atoms with Crippen LogP contribution in [0.5, 0.6) is 0 Å². The first kappa shape index (κ1) is 19.8. The van der Waals surface area contributed by atoms with Gasteiger partial charge in [0.25, 0.3) is 0 Å². The maximum absolute atomic E-state index is 10.7. The molecule has 150 valence electrons. The van der Waals surface area contributed by atoms with Crippen molar-refractivity contribution in [2.45, 2.75) is 43.2 Å². The third-order valence-electron chi connectivity index (χ3n) is 5.61. The van der Waals surface area contributed by atoms with E-state index in [2.05, 4.69) is 0 Å². The van der Waals surface area contributed by atoms with Crippen LogP contribution in [0.3, 0.4) is 0 Å². The molecule has 5 atom stereocenters. The van der Waals surface area contributed by atoms with Crippen LogP contribution in [0.1, 0.15) is 22.3 Å². The zero-order chi connectivity index (χ0) is 20.1. The van der Waals surface area contributed by atoms with Gasteiger partial charge in [-0.2, -0.15) is 0 Å². The molecule has 4 rings (SSSR count). The van der Waals surface area contributed by atoms with Crippen LogP contribution in [-0.2, 0) is 26.4 Å². The summed E-state index contributed by atoms with van der Waals surface area (Å²) < 4.78 is 17.0. The van der Waals surface area contributed by atoms with Gasteiger partial charge in [0.2, 0.25) is 11.6 Å². The predicted octanol–water partition coefficient (Wildman–Crippen LogP) is 1.88. The van der Waals surface area contributed by atoms with Gasteiger partial charge in [0.1, 0.15) is 24.9 Å². The molecule has 3 N–H and O–H groups in total. The van der Waals surface area contributed by atoms with Crippen molar-refractivity contribution in [1.29, 1.82) is 0 Å². The van der Waals surface area contributed by atoms with E-state index in [9.17, 15) is 15.3 Å². The summed E-state index contributed by atoms with van der Waals surface area (Å²) in [5, 5.41) is 31.9. The van der Waals surface area contributed by atoms with Gasteiger partial charge in [-0.3, -0.25) is 0 Å². The topological polar surface area (TPSA) is 88.4 Å². The van der Waals surface area contributed by atoms with E-state index in [1.807, 2.05) is 31.2 Å². The van der Waals surface area contributed by atoms with Crippen molar-refractivity contribution in [2.24, 2.45) is 0 Å². The van der Waals surface area contributed by atoms with Gasteiger partial charge in [-0.1, -0.05) is 47.5 Å². The van der Waals surface area contributed by atoms with Gasteiger partial charge >= 0.3 is 0 Å². The smallest absolute Gasteiger partial charge is 0.227 e. The quantitative estimate of drug-likeness (QED) is 0.718. The minimum absolute atomic E-state index is 0.130. The molecule has 2 saturated heterocycles. The number of hydrogen-bond acceptors (Lipinski definition) is 6. The molecule has 0 aromatic heterocycles. The molecule has 2 aliphatic rings. The molecule has 2 bridgehead atoms. The minimum atomic E-state index is -1.65. The highest BCUT2D eigenvalue weighted by molar-refractivity contribution is 6.31. The van der Waals surface area contributed by atoms with Crippen molar-refractivity contribution in [3.05, 3.63) is 69.7 Å². The van der Waals surface area contributed by atoms with E-state index in [1.165, 1.54) is 12.7 Å². The summed E-state index contributed by atoms with van der Waals surface area (Å²) in [4.78, 5) is 0. The molecule has 5 unspecified atom stereocenters. The second kappa shape index (κ2) is 7.07. The number of aliphatic hydroxyl groups is 3. The minimum Gasteiger partial charge on any atom is -0.387 e. The largest absolute Gasteiger partial charge is 0.387 e. The number of fused-ring (bicyclic) bond motifs is 2. The lowest BCUT2D eigenvalue weighted by atomic mass is 9.87. The number of aliphatic hydroxyl groups excluding tert-OH is 3. The summed E-state index contributed by atoms with van der Waals surface area (Å²) in [6, 6.07) is 13.3. The highest BCUT2D eigenvalue weighted by atomic mass is 35.5. The lowest BCUT2D eigenvalue weighted by Gasteiger charge is -2.45. The Morgan fingerprint density at radius 1 is 1.11 bits per heavy atom. The van der Waals surface area contributed by atoms with Crippen LogP contribution < -0.4 is 0 Å². The van der Waals surface area contributed by atoms with Gasteiger partial charge in [-0.05, 0) is 36.6 Å². The van der Waals surface area contributed by atoms with Crippen LogP contribution in [0.4, 0.5) is 0 Å². The van der Waals surface area contributed by atoms with Gasteiger partial charge < -0.3 is 29.5 Å². The molecule has 0 aliphatic carbocycles. The third-order valence-corrected chi connectivity index (χ3v) is 5.98. The van der Waals surface area contributed by atoms with Crippen LogP contribution >= 0.6 is 11.6 Å². The van der Waals surface area contributed by atoms with E-state index < -0.39 is 29.9 Å². The second-order valence-electron chi connectivity index (χ2n) is 7.42. The normalized spacial score (nSPS) is 34.6. The standard InChI is InChI=1S/C21H23ClO6/c1-12-3-5-13(6-4-12)9-14-10-15(7-8-16(14)22)21-19(25)17(23)18(24)20(26-2,28-21)11-27-21/h3-8,10,17-19,23-25H,9,11H2,1-2H3. The van der Waals surface area contributed by atoms with E-state index in [1.54, 1.807) is 18.2 Å². The fraction of sp³-hybridized carbons (Fsp3) is 0.429. The fourth-order valence-corrected chi connectivity index (χ4v) is 4.04. The molecule has 0 saturated carbocycles. The lowest BCUT2D eigenvalue weighted by Crippen LogP contribution is -2.64. The summed E-state index contributed by atoms with van der Waals surface area (Å²) >= 11 is 6.40. The lowest BCUT2D eigenvalue weighted by molar-refractivity contribution is -0.375. The number of methoxy groups -OCH3 is 1. The molecule has 6 nitrogen and oxygen atoms in total. The number of halogens is 1. The molecular weight excluding hydrogens is 384 g/mol. The molecule has 2 fully saturated rings. The van der Waals surface area contributed by atoms with Crippen molar-refractivity contribution in [2.75, 3.05) is 13.7 Å². The van der Waals surface area contributed by atoms with Gasteiger partial charge in [0.05, 0.1) is 0 Å². The van der Waals surface area contributed by atoms with E-state index in [4.69, 9.17) is 25.8 Å². The molecule has 2 heterocycles. The number of hydrogen-bond donors (Lipinski definition) is 3. The first-order chi connectivity index (χ1) is 13.3. The van der Waals surface area contributed by atoms with Gasteiger partial charge in [-0.15, -0.1) is 0 Å². The van der Waals surface area contributed by atoms with Crippen molar-refractivity contribution in [1.82, 2.24) is 0 Å². The van der Waals surface area contributed by atoms with Gasteiger partial charge in [0, 0.05) is 17.7 Å². The number of benzene rings is 2. The molecule has 0 radical (unpaired) electrons. The average molecular weight is 407 g/mol. The molecule has 0 amide bonds. The van der Waals surface area contributed by atoms with Gasteiger partial charge in [-0.25, -0.2) is 0 Å². The van der Waals surface area contributed by atoms with Crippen LogP contribution in [-0.4, -0.2) is 53.1 Å². The number of aryl methyl sites for hydroxylation is 1. The number of rotatable bonds is 4. The molecule has 2 aromatic rings. The summed E-state index contributed by atoms with van der Waals surface area (Å²) in [6.07, 6.45) is -3.85. The monoisotopic (exact) mass is 406 g/mol. The zero-order valence-electron chi connectivity index (χ0n) is 15.6. The first-order valence-electron chi connectivity index (χ1n) is 9.09. The van der Waals surface area contributed by atoms with Crippen LogP contribution in [0.25, 0.3) is 0 Å². The van der Waals surface area contributed by atoms with Crippen molar-refractivity contribution >= 4 is 11.6 Å². The van der Waals surface area contributed by atoms with Crippen LogP contribution in [0.15, 0.2) is 42.5 Å². The maximum atomic E-state index is 10.7. The number of ether oxygens (including phenoxy) is 3. The Bertz CT molecular complexity index is 872. The second-order valence-corrected chi connectivity index (χ2v) is 7.83. The van der Waals surface area contributed by atoms with Gasteiger partial charge in [0.15, 0.2) is 0 Å². The third kappa shape index (κ3) is 2.97. The highest BCUT2D eigenvalue weighted by Gasteiger charge is 2.68. The van der Waals surface area contributed by atoms with Crippen LogP contribution in [0, 0.1) is 6.92 Å². The summed E-state index contributed by atoms with van der Waals surface area (Å²) in [7, 11) is 1.36. The molecule has 2 aromatic carbocycles. The van der Waals surface area contributed by atoms with Crippen molar-refractivity contribution in [3.63, 3.8) is 0 Å². The fourth-order valence-electron chi connectivity index (χ4n) is 3.86. The molecular formula is C21H23ClO6. The van der Waals surface area contributed by atoms with E-state index in [-0.39, 0.29) is 6.61 Å². The van der Waals surface area contributed by atoms with E-state index >= 15 is 0 Å². The van der Waals surface area contributed by atoms with E-state index in [0.29, 0.717) is 17.0 Å². The Hall–Kier alpha value is -1.51. The Morgan fingerprint density at radius 3 is 2.50 bits per heavy atom. The Morgan fingerprint density at radius 2 is 1.82 bits per heavy atom. The van der Waals surface area contributed by atoms with Crippen LogP contribution in [0.2, 0.25) is 5.02 Å². The maximum Gasteiger partial charge on any atom is 0.227 e. The molecule has 2 aliphatic heterocycles. The Labute approximate surface area is 168 Å². The molecule has 28 heavy (non-hydrogen) atoms. The summed E-state index contributed by atoms with van der Waals surface area (Å²) in [5.74, 6) is -3.20. The first-order valence-corrected chi connectivity index (χ1v) is 9.47. The summed E-state index contributed by atoms with van der Waals surface area (Å²) in [5.41, 5.74) is 3.58. The van der Waals surface area contributed by atoms with Crippen molar-refractivity contribution < 1.29 is 29.5 Å². The van der Waals surface area contributed by atoms with Crippen molar-refractivity contribution in [3.8, 4) is 0 Å². The SMILES string of the molecule is COC12COC(c3ccc(Cl)c(Cc4ccc(C)cc4)c3)(O1)C(O)C(O)C2O. The average Bonchev–Trinajstić information content (AvgIpc) is 3.08. The van der Waals surface area contributed by atoms with E-state index in [0.717, 1.165) is 11.1 Å². The molecule has 0 spiro atoms. The highest BCUT2D eigenvalue weighted by Crippen LogP contribution is 2.50. The molecule has 7 heteroatoms.